The van der Waals surface area contributed by atoms with Gasteiger partial charge >= 0.3 is 0 Å². The Morgan fingerprint density at radius 3 is 2.81 bits per heavy atom. The lowest BCUT2D eigenvalue weighted by atomic mass is 9.99. The molecule has 2 N–H and O–H groups in total. The van der Waals surface area contributed by atoms with Gasteiger partial charge in [0.2, 0.25) is 0 Å². The molecule has 108 valence electrons. The molecule has 0 unspecified atom stereocenters. The molecule has 1 heterocycles. The number of fused-ring (bicyclic) bond motifs is 1. The molecule has 1 amide bonds. The van der Waals surface area contributed by atoms with Gasteiger partial charge in [0.05, 0.1) is 11.3 Å². The summed E-state index contributed by atoms with van der Waals surface area (Å²) in [6.07, 6.45) is 2.09. The maximum Gasteiger partial charge on any atom is 0.253 e. The Labute approximate surface area is 123 Å². The number of halogens is 1. The molecule has 2 aromatic rings. The van der Waals surface area contributed by atoms with Crippen LogP contribution in [-0.4, -0.2) is 12.5 Å². The molecule has 0 saturated carbocycles. The Balaban J connectivity index is 1.72. The van der Waals surface area contributed by atoms with E-state index in [4.69, 9.17) is 0 Å². The van der Waals surface area contributed by atoms with Crippen molar-refractivity contribution < 1.29 is 9.18 Å². The van der Waals surface area contributed by atoms with E-state index in [1.54, 1.807) is 12.1 Å². The molecular weight excluding hydrogens is 267 g/mol. The Morgan fingerprint density at radius 2 is 2.00 bits per heavy atom. The van der Waals surface area contributed by atoms with E-state index in [2.05, 4.69) is 16.7 Å². The summed E-state index contributed by atoms with van der Waals surface area (Å²) in [4.78, 5) is 12.3. The van der Waals surface area contributed by atoms with Gasteiger partial charge in [-0.05, 0) is 42.2 Å². The van der Waals surface area contributed by atoms with Gasteiger partial charge in [0.15, 0.2) is 0 Å². The van der Waals surface area contributed by atoms with Gasteiger partial charge in [-0.1, -0.05) is 24.3 Å². The van der Waals surface area contributed by atoms with Crippen LogP contribution in [0.2, 0.25) is 0 Å². The molecule has 0 radical (unpaired) electrons. The molecule has 0 atom stereocenters. The summed E-state index contributed by atoms with van der Waals surface area (Å²) in [6.45, 7) is 1.29. The zero-order valence-electron chi connectivity index (χ0n) is 11.7. The van der Waals surface area contributed by atoms with Crippen molar-refractivity contribution in [3.8, 4) is 0 Å². The van der Waals surface area contributed by atoms with E-state index >= 15 is 0 Å². The summed E-state index contributed by atoms with van der Waals surface area (Å²) in [5.41, 5.74) is 3.69. The lowest BCUT2D eigenvalue weighted by Gasteiger charge is -2.20. The fourth-order valence-electron chi connectivity index (χ4n) is 2.58. The van der Waals surface area contributed by atoms with Crippen LogP contribution in [0.5, 0.6) is 0 Å². The first-order valence-corrected chi connectivity index (χ1v) is 7.12. The lowest BCUT2D eigenvalue weighted by Crippen LogP contribution is -2.25. The number of amides is 1. The Bertz CT molecular complexity index is 652. The van der Waals surface area contributed by atoms with Crippen LogP contribution < -0.4 is 10.6 Å². The van der Waals surface area contributed by atoms with E-state index in [1.165, 1.54) is 17.7 Å². The van der Waals surface area contributed by atoms with Gasteiger partial charge in [-0.2, -0.15) is 0 Å². The minimum Gasteiger partial charge on any atom is -0.384 e. The summed E-state index contributed by atoms with van der Waals surface area (Å²) >= 11 is 0. The van der Waals surface area contributed by atoms with Crippen molar-refractivity contribution in [3.05, 3.63) is 65.0 Å². The number of nitrogens with one attached hydrogen (secondary N) is 2. The second-order valence-electron chi connectivity index (χ2n) is 5.18. The third-order valence-electron chi connectivity index (χ3n) is 3.69. The van der Waals surface area contributed by atoms with Crippen LogP contribution in [0.3, 0.4) is 0 Å². The fourth-order valence-corrected chi connectivity index (χ4v) is 2.58. The Kier molecular flexibility index (Phi) is 3.86. The summed E-state index contributed by atoms with van der Waals surface area (Å²) in [5, 5.41) is 6.19. The van der Waals surface area contributed by atoms with Gasteiger partial charge in [0.1, 0.15) is 5.82 Å². The highest BCUT2D eigenvalue weighted by molar-refractivity contribution is 6.00. The van der Waals surface area contributed by atoms with Gasteiger partial charge < -0.3 is 10.6 Å². The standard InChI is InChI=1S/C17H17FN2O/c18-14-8-6-12(7-9-14)11-20-17(21)15-5-1-3-13-4-2-10-19-16(13)15/h1,3,5-9,19H,2,4,10-11H2,(H,20,21). The Hall–Kier alpha value is -2.36. The van der Waals surface area contributed by atoms with E-state index in [0.29, 0.717) is 12.1 Å². The maximum absolute atomic E-state index is 12.8. The van der Waals surface area contributed by atoms with Gasteiger partial charge in [0, 0.05) is 13.1 Å². The molecule has 0 aromatic heterocycles. The van der Waals surface area contributed by atoms with Crippen molar-refractivity contribution in [1.82, 2.24) is 5.32 Å². The molecule has 0 bridgehead atoms. The number of carbonyl (C=O) groups excluding carboxylic acids is 1. The Morgan fingerprint density at radius 1 is 1.19 bits per heavy atom. The number of rotatable bonds is 3. The van der Waals surface area contributed by atoms with Crippen LogP contribution in [0.4, 0.5) is 10.1 Å². The molecule has 0 spiro atoms. The van der Waals surface area contributed by atoms with Crippen molar-refractivity contribution in [2.75, 3.05) is 11.9 Å². The molecule has 4 heteroatoms. The molecule has 0 saturated heterocycles. The molecule has 3 nitrogen and oxygen atoms in total. The number of hydrogen-bond acceptors (Lipinski definition) is 2. The van der Waals surface area contributed by atoms with E-state index in [-0.39, 0.29) is 11.7 Å². The minimum atomic E-state index is -0.272. The van der Waals surface area contributed by atoms with Crippen molar-refractivity contribution in [1.29, 1.82) is 0 Å². The monoisotopic (exact) mass is 284 g/mol. The number of para-hydroxylation sites is 1. The number of benzene rings is 2. The second-order valence-corrected chi connectivity index (χ2v) is 5.18. The van der Waals surface area contributed by atoms with Gasteiger partial charge in [-0.3, -0.25) is 4.79 Å². The van der Waals surface area contributed by atoms with Crippen molar-refractivity contribution in [2.45, 2.75) is 19.4 Å². The normalized spacial score (nSPS) is 13.2. The zero-order valence-corrected chi connectivity index (χ0v) is 11.7. The summed E-state index contributed by atoms with van der Waals surface area (Å²) in [6, 6.07) is 11.9. The number of aryl methyl sites for hydroxylation is 1. The van der Waals surface area contributed by atoms with Crippen LogP contribution >= 0.6 is 0 Å². The summed E-state index contributed by atoms with van der Waals surface area (Å²) in [7, 11) is 0. The van der Waals surface area contributed by atoms with Gasteiger partial charge in [-0.25, -0.2) is 4.39 Å². The molecular formula is C17H17FN2O. The summed E-state index contributed by atoms with van der Waals surface area (Å²) < 4.78 is 12.8. The number of carbonyl (C=O) groups is 1. The average Bonchev–Trinajstić information content (AvgIpc) is 2.53. The van der Waals surface area contributed by atoms with Crippen LogP contribution in [0.1, 0.15) is 27.9 Å². The van der Waals surface area contributed by atoms with Crippen LogP contribution in [0.15, 0.2) is 42.5 Å². The predicted molar refractivity (Wildman–Crippen MR) is 80.8 cm³/mol. The van der Waals surface area contributed by atoms with Crippen molar-refractivity contribution in [2.24, 2.45) is 0 Å². The van der Waals surface area contributed by atoms with Crippen LogP contribution in [0.25, 0.3) is 0 Å². The van der Waals surface area contributed by atoms with Gasteiger partial charge in [0.25, 0.3) is 5.91 Å². The smallest absolute Gasteiger partial charge is 0.253 e. The first kappa shape index (κ1) is 13.6. The minimum absolute atomic E-state index is 0.106. The fraction of sp³-hybridized carbons (Fsp3) is 0.235. The highest BCUT2D eigenvalue weighted by atomic mass is 19.1. The SMILES string of the molecule is O=C(NCc1ccc(F)cc1)c1cccc2c1NCCC2. The number of anilines is 1. The van der Waals surface area contributed by atoms with Crippen LogP contribution in [-0.2, 0) is 13.0 Å². The molecule has 0 fully saturated rings. The van der Waals surface area contributed by atoms with Gasteiger partial charge in [-0.15, -0.1) is 0 Å². The summed E-state index contributed by atoms with van der Waals surface area (Å²) in [5.74, 6) is -0.378. The van der Waals surface area contributed by atoms with Crippen molar-refractivity contribution >= 4 is 11.6 Å². The zero-order chi connectivity index (χ0) is 14.7. The highest BCUT2D eigenvalue weighted by Gasteiger charge is 2.16. The molecule has 2 aromatic carbocycles. The second kappa shape index (κ2) is 5.95. The average molecular weight is 284 g/mol. The third-order valence-corrected chi connectivity index (χ3v) is 3.69. The molecule has 1 aliphatic rings. The highest BCUT2D eigenvalue weighted by Crippen LogP contribution is 2.25. The third kappa shape index (κ3) is 3.05. The van der Waals surface area contributed by atoms with E-state index < -0.39 is 0 Å². The molecule has 0 aliphatic carbocycles. The van der Waals surface area contributed by atoms with Crippen molar-refractivity contribution in [3.63, 3.8) is 0 Å². The van der Waals surface area contributed by atoms with E-state index in [1.807, 2.05) is 12.1 Å². The number of hydrogen-bond donors (Lipinski definition) is 2. The van der Waals surface area contributed by atoms with Crippen LogP contribution in [0, 0.1) is 5.82 Å². The maximum atomic E-state index is 12.8. The first-order valence-electron chi connectivity index (χ1n) is 7.12. The largest absolute Gasteiger partial charge is 0.384 e. The molecule has 1 aliphatic heterocycles. The predicted octanol–water partition coefficient (Wildman–Crippen LogP) is 3.11. The lowest BCUT2D eigenvalue weighted by molar-refractivity contribution is 0.0951. The molecule has 21 heavy (non-hydrogen) atoms. The molecule has 3 rings (SSSR count). The topological polar surface area (TPSA) is 41.1 Å². The van der Waals surface area contributed by atoms with E-state index in [0.717, 1.165) is 30.6 Å². The quantitative estimate of drug-likeness (QED) is 0.909. The first-order chi connectivity index (χ1) is 10.2. The van der Waals surface area contributed by atoms with E-state index in [9.17, 15) is 9.18 Å².